The number of aliphatic hydroxyl groups is 1. The van der Waals surface area contributed by atoms with Crippen LogP contribution in [0.5, 0.6) is 0 Å². The minimum atomic E-state index is -4.55. The van der Waals surface area contributed by atoms with Gasteiger partial charge in [0.2, 0.25) is 0 Å². The van der Waals surface area contributed by atoms with Gasteiger partial charge in [-0.25, -0.2) is 0 Å². The van der Waals surface area contributed by atoms with Gasteiger partial charge >= 0.3 is 6.36 Å². The number of rotatable bonds is 5. The Morgan fingerprint density at radius 3 is 2.67 bits per heavy atom. The summed E-state index contributed by atoms with van der Waals surface area (Å²) < 4.78 is 39.6. The Balaban J connectivity index is 2.41. The first-order valence-electron chi connectivity index (χ1n) is 6.51. The van der Waals surface area contributed by atoms with Gasteiger partial charge in [0.05, 0.1) is 12.7 Å². The fraction of sp³-hybridized carbons (Fsp3) is 1.00. The molecular formula is C12H22F3NO2. The molecule has 0 aliphatic carbocycles. The van der Waals surface area contributed by atoms with Crippen molar-refractivity contribution in [2.75, 3.05) is 19.7 Å². The van der Waals surface area contributed by atoms with Crippen molar-refractivity contribution in [3.63, 3.8) is 0 Å². The summed E-state index contributed by atoms with van der Waals surface area (Å²) in [6, 6.07) is 0.171. The average Bonchev–Trinajstić information content (AvgIpc) is 2.42. The molecule has 0 radical (unpaired) electrons. The predicted octanol–water partition coefficient (Wildman–Crippen LogP) is 2.54. The van der Waals surface area contributed by atoms with Gasteiger partial charge in [-0.15, -0.1) is 13.2 Å². The van der Waals surface area contributed by atoms with Crippen molar-refractivity contribution in [2.24, 2.45) is 0 Å². The summed E-state index contributed by atoms with van der Waals surface area (Å²) in [5.41, 5.74) is 0. The Labute approximate surface area is 106 Å². The molecule has 108 valence electrons. The zero-order valence-electron chi connectivity index (χ0n) is 10.7. The van der Waals surface area contributed by atoms with Crippen LogP contribution in [-0.2, 0) is 4.74 Å². The first kappa shape index (κ1) is 15.7. The lowest BCUT2D eigenvalue weighted by Gasteiger charge is -2.30. The lowest BCUT2D eigenvalue weighted by molar-refractivity contribution is -0.325. The van der Waals surface area contributed by atoms with Gasteiger partial charge in [0.15, 0.2) is 0 Å². The predicted molar refractivity (Wildman–Crippen MR) is 62.1 cm³/mol. The van der Waals surface area contributed by atoms with E-state index in [1.54, 1.807) is 6.92 Å². The third-order valence-corrected chi connectivity index (χ3v) is 3.26. The molecule has 1 aliphatic rings. The van der Waals surface area contributed by atoms with Gasteiger partial charge in [-0.3, -0.25) is 9.64 Å². The molecule has 0 spiro atoms. The zero-order valence-corrected chi connectivity index (χ0v) is 10.7. The minimum absolute atomic E-state index is 0.171. The maximum Gasteiger partial charge on any atom is 0.522 e. The molecule has 1 saturated heterocycles. The minimum Gasteiger partial charge on any atom is -0.393 e. The first-order chi connectivity index (χ1) is 8.38. The summed E-state index contributed by atoms with van der Waals surface area (Å²) in [6.07, 6.45) is -0.225. The van der Waals surface area contributed by atoms with Gasteiger partial charge < -0.3 is 5.11 Å². The highest BCUT2D eigenvalue weighted by Gasteiger charge is 2.30. The van der Waals surface area contributed by atoms with Crippen LogP contribution < -0.4 is 0 Å². The molecule has 0 aromatic carbocycles. The van der Waals surface area contributed by atoms with Crippen molar-refractivity contribution < 1.29 is 23.0 Å². The van der Waals surface area contributed by atoms with Crippen molar-refractivity contribution >= 4 is 0 Å². The lowest BCUT2D eigenvalue weighted by atomic mass is 10.0. The van der Waals surface area contributed by atoms with Crippen LogP contribution in [0.1, 0.15) is 39.0 Å². The number of aliphatic hydroxyl groups excluding tert-OH is 1. The van der Waals surface area contributed by atoms with E-state index in [0.717, 1.165) is 32.2 Å². The highest BCUT2D eigenvalue weighted by molar-refractivity contribution is 4.77. The number of ether oxygens (including phenoxy) is 1. The smallest absolute Gasteiger partial charge is 0.393 e. The number of likely N-dealkylation sites (tertiary alicyclic amines) is 1. The Morgan fingerprint density at radius 1 is 1.33 bits per heavy atom. The summed E-state index contributed by atoms with van der Waals surface area (Å²) in [5.74, 6) is 0. The van der Waals surface area contributed by atoms with E-state index < -0.39 is 12.5 Å². The molecule has 2 atom stereocenters. The number of nitrogens with zero attached hydrogens (tertiary/aromatic N) is 1. The molecule has 2 unspecified atom stereocenters. The quantitative estimate of drug-likeness (QED) is 0.832. The molecule has 0 saturated carbocycles. The lowest BCUT2D eigenvalue weighted by Crippen LogP contribution is -2.39. The normalized spacial score (nSPS) is 24.8. The van der Waals surface area contributed by atoms with Crippen LogP contribution in [0.25, 0.3) is 0 Å². The van der Waals surface area contributed by atoms with Crippen molar-refractivity contribution in [1.29, 1.82) is 0 Å². The second-order valence-electron chi connectivity index (χ2n) is 4.92. The maximum absolute atomic E-state index is 11.9. The van der Waals surface area contributed by atoms with Gasteiger partial charge in [-0.1, -0.05) is 12.8 Å². The van der Waals surface area contributed by atoms with Crippen LogP contribution in [0.15, 0.2) is 0 Å². The van der Waals surface area contributed by atoms with Crippen LogP contribution in [0, 0.1) is 0 Å². The van der Waals surface area contributed by atoms with Gasteiger partial charge in [-0.05, 0) is 32.7 Å². The fourth-order valence-electron chi connectivity index (χ4n) is 2.47. The van der Waals surface area contributed by atoms with E-state index >= 15 is 0 Å². The highest BCUT2D eigenvalue weighted by atomic mass is 19.4. The highest BCUT2D eigenvalue weighted by Crippen LogP contribution is 2.21. The molecule has 0 amide bonds. The van der Waals surface area contributed by atoms with E-state index in [1.165, 1.54) is 0 Å². The van der Waals surface area contributed by atoms with Gasteiger partial charge in [0.25, 0.3) is 0 Å². The number of halogens is 3. The molecule has 0 aromatic heterocycles. The van der Waals surface area contributed by atoms with Crippen molar-refractivity contribution in [2.45, 2.75) is 57.5 Å². The Bertz CT molecular complexity index is 234. The van der Waals surface area contributed by atoms with Crippen molar-refractivity contribution in [3.8, 4) is 0 Å². The number of alkyl halides is 3. The van der Waals surface area contributed by atoms with Gasteiger partial charge in [0.1, 0.15) is 0 Å². The summed E-state index contributed by atoms with van der Waals surface area (Å²) in [7, 11) is 0. The second-order valence-corrected chi connectivity index (χ2v) is 4.92. The Morgan fingerprint density at radius 2 is 2.06 bits per heavy atom. The molecule has 0 aromatic rings. The van der Waals surface area contributed by atoms with Crippen LogP contribution >= 0.6 is 0 Å². The van der Waals surface area contributed by atoms with Gasteiger partial charge in [0, 0.05) is 12.6 Å². The van der Waals surface area contributed by atoms with E-state index in [2.05, 4.69) is 4.74 Å². The Hall–Kier alpha value is -0.330. The number of hydrogen-bond donors (Lipinski definition) is 1. The van der Waals surface area contributed by atoms with Crippen LogP contribution in [-0.4, -0.2) is 48.2 Å². The second kappa shape index (κ2) is 7.31. The fourth-order valence-corrected chi connectivity index (χ4v) is 2.47. The molecule has 6 heteroatoms. The van der Waals surface area contributed by atoms with Crippen LogP contribution in [0.3, 0.4) is 0 Å². The van der Waals surface area contributed by atoms with Crippen molar-refractivity contribution in [3.05, 3.63) is 0 Å². The molecular weight excluding hydrogens is 247 g/mol. The van der Waals surface area contributed by atoms with E-state index in [4.69, 9.17) is 0 Å². The summed E-state index contributed by atoms with van der Waals surface area (Å²) in [4.78, 5) is 2.02. The zero-order chi connectivity index (χ0) is 13.6. The van der Waals surface area contributed by atoms with Crippen LogP contribution in [0.4, 0.5) is 13.2 Å². The third-order valence-electron chi connectivity index (χ3n) is 3.26. The summed E-state index contributed by atoms with van der Waals surface area (Å²) in [5, 5.41) is 9.43. The van der Waals surface area contributed by atoms with E-state index in [-0.39, 0.29) is 19.2 Å². The summed E-state index contributed by atoms with van der Waals surface area (Å²) in [6.45, 7) is 2.45. The van der Waals surface area contributed by atoms with Gasteiger partial charge in [-0.2, -0.15) is 0 Å². The number of hydrogen-bond acceptors (Lipinski definition) is 3. The molecule has 0 bridgehead atoms. The average molecular weight is 269 g/mol. The molecule has 3 nitrogen and oxygen atoms in total. The molecule has 18 heavy (non-hydrogen) atoms. The van der Waals surface area contributed by atoms with E-state index in [0.29, 0.717) is 6.42 Å². The summed E-state index contributed by atoms with van der Waals surface area (Å²) >= 11 is 0. The van der Waals surface area contributed by atoms with E-state index in [1.807, 2.05) is 4.90 Å². The van der Waals surface area contributed by atoms with Crippen molar-refractivity contribution in [1.82, 2.24) is 4.90 Å². The molecule has 1 fully saturated rings. The standard InChI is InChI=1S/C12H22F3NO2/c1-10(17)9-11-5-3-2-4-6-16(11)7-8-18-12(13,14)15/h10-11,17H,2-9H2,1H3. The molecule has 1 rings (SSSR count). The monoisotopic (exact) mass is 269 g/mol. The first-order valence-corrected chi connectivity index (χ1v) is 6.51. The largest absolute Gasteiger partial charge is 0.522 e. The topological polar surface area (TPSA) is 32.7 Å². The molecule has 1 N–H and O–H groups in total. The molecule has 1 heterocycles. The molecule has 1 aliphatic heterocycles. The Kier molecular flexibility index (Phi) is 6.38. The van der Waals surface area contributed by atoms with Crippen LogP contribution in [0.2, 0.25) is 0 Å². The third kappa shape index (κ3) is 6.56. The maximum atomic E-state index is 11.9. The SMILES string of the molecule is CC(O)CC1CCCCCN1CCOC(F)(F)F. The van der Waals surface area contributed by atoms with E-state index in [9.17, 15) is 18.3 Å².